The van der Waals surface area contributed by atoms with Crippen molar-refractivity contribution < 1.29 is 23.4 Å². The van der Waals surface area contributed by atoms with Crippen LogP contribution in [0.4, 0.5) is 5.69 Å². The molecule has 0 fully saturated rings. The fraction of sp³-hybridized carbons (Fsp3) is 0.217. The van der Waals surface area contributed by atoms with E-state index in [1.807, 2.05) is 62.5 Å². The van der Waals surface area contributed by atoms with E-state index in [-0.39, 0.29) is 12.4 Å². The van der Waals surface area contributed by atoms with Crippen molar-refractivity contribution in [3.05, 3.63) is 77.7 Å². The van der Waals surface area contributed by atoms with Gasteiger partial charge in [0.2, 0.25) is 5.76 Å². The minimum Gasteiger partial charge on any atom is -0.490 e. The number of esters is 1. The molecule has 0 atom stereocenters. The monoisotopic (exact) mass is 408 g/mol. The molecule has 2 aromatic carbocycles. The van der Waals surface area contributed by atoms with E-state index >= 15 is 0 Å². The van der Waals surface area contributed by atoms with Crippen LogP contribution >= 0.6 is 0 Å². The lowest BCUT2D eigenvalue weighted by Gasteiger charge is -2.13. The zero-order valence-electron chi connectivity index (χ0n) is 17.2. The van der Waals surface area contributed by atoms with Gasteiger partial charge in [-0.05, 0) is 55.0 Å². The Balaban J connectivity index is 1.69. The maximum Gasteiger partial charge on any atom is 0.373 e. The van der Waals surface area contributed by atoms with Gasteiger partial charge in [-0.1, -0.05) is 18.2 Å². The van der Waals surface area contributed by atoms with Crippen molar-refractivity contribution in [2.75, 3.05) is 25.8 Å². The lowest BCUT2D eigenvalue weighted by atomic mass is 10.2. The predicted octanol–water partition coefficient (Wildman–Crippen LogP) is 4.51. The molecule has 1 aromatic heterocycles. The molecule has 0 saturated heterocycles. The van der Waals surface area contributed by atoms with E-state index in [2.05, 4.69) is 9.84 Å². The molecular formula is C23H24N2O5. The second-order valence-corrected chi connectivity index (χ2v) is 6.29. The van der Waals surface area contributed by atoms with Crippen LogP contribution in [0.1, 0.15) is 28.8 Å². The molecular weight excluding hydrogens is 384 g/mol. The lowest BCUT2D eigenvalue weighted by molar-refractivity contribution is 0.0561. The first kappa shape index (κ1) is 21.0. The van der Waals surface area contributed by atoms with Crippen molar-refractivity contribution in [2.45, 2.75) is 13.5 Å². The van der Waals surface area contributed by atoms with Gasteiger partial charge in [0, 0.05) is 7.05 Å². The Labute approximate surface area is 175 Å². The number of para-hydroxylation sites is 1. The molecule has 3 rings (SSSR count). The quantitative estimate of drug-likeness (QED) is 0.295. The van der Waals surface area contributed by atoms with E-state index < -0.39 is 5.97 Å². The SMILES string of the molecule is CCOc1cc(/C=N/N(C)c2ccccc2)ccc1OCc1ccc(C(=O)OC)o1. The molecule has 0 aliphatic carbocycles. The van der Waals surface area contributed by atoms with Crippen LogP contribution in [0.15, 0.2) is 70.2 Å². The second kappa shape index (κ2) is 10.2. The minimum absolute atomic E-state index is 0.134. The molecule has 156 valence electrons. The van der Waals surface area contributed by atoms with Crippen molar-refractivity contribution >= 4 is 17.9 Å². The molecule has 0 spiro atoms. The Morgan fingerprint density at radius 1 is 1.07 bits per heavy atom. The molecule has 0 amide bonds. The Morgan fingerprint density at radius 2 is 1.87 bits per heavy atom. The first-order valence-electron chi connectivity index (χ1n) is 9.50. The number of nitrogens with zero attached hydrogens (tertiary/aromatic N) is 2. The first-order valence-corrected chi connectivity index (χ1v) is 9.50. The molecule has 0 aliphatic rings. The van der Waals surface area contributed by atoms with E-state index in [4.69, 9.17) is 13.9 Å². The van der Waals surface area contributed by atoms with Crippen molar-refractivity contribution in [3.63, 3.8) is 0 Å². The van der Waals surface area contributed by atoms with E-state index in [9.17, 15) is 4.79 Å². The van der Waals surface area contributed by atoms with Crippen molar-refractivity contribution in [1.29, 1.82) is 0 Å². The molecule has 1 heterocycles. The summed E-state index contributed by atoms with van der Waals surface area (Å²) in [5.41, 5.74) is 1.86. The number of benzene rings is 2. The van der Waals surface area contributed by atoms with Crippen LogP contribution in [0.2, 0.25) is 0 Å². The van der Waals surface area contributed by atoms with Gasteiger partial charge in [-0.2, -0.15) is 5.10 Å². The fourth-order valence-electron chi connectivity index (χ4n) is 2.67. The number of carbonyl (C=O) groups excluding carboxylic acids is 1. The van der Waals surface area contributed by atoms with E-state index in [1.165, 1.54) is 7.11 Å². The predicted molar refractivity (Wildman–Crippen MR) is 114 cm³/mol. The number of hydrazone groups is 1. The Morgan fingerprint density at radius 3 is 2.60 bits per heavy atom. The van der Waals surface area contributed by atoms with E-state index in [0.717, 1.165) is 11.3 Å². The largest absolute Gasteiger partial charge is 0.490 e. The first-order chi connectivity index (χ1) is 14.6. The van der Waals surface area contributed by atoms with Crippen LogP contribution in [0.3, 0.4) is 0 Å². The third-order valence-electron chi connectivity index (χ3n) is 4.20. The summed E-state index contributed by atoms with van der Waals surface area (Å²) >= 11 is 0. The van der Waals surface area contributed by atoms with Crippen LogP contribution in [0.25, 0.3) is 0 Å². The summed E-state index contributed by atoms with van der Waals surface area (Å²) in [6.07, 6.45) is 1.76. The van der Waals surface area contributed by atoms with Crippen LogP contribution < -0.4 is 14.5 Å². The van der Waals surface area contributed by atoms with Crippen LogP contribution in [0, 0.1) is 0 Å². The van der Waals surface area contributed by atoms with E-state index in [1.54, 1.807) is 23.4 Å². The van der Waals surface area contributed by atoms with E-state index in [0.29, 0.717) is 23.9 Å². The van der Waals surface area contributed by atoms with Crippen molar-refractivity contribution in [1.82, 2.24) is 0 Å². The number of hydrogen-bond donors (Lipinski definition) is 0. The van der Waals surface area contributed by atoms with Gasteiger partial charge in [-0.15, -0.1) is 0 Å². The van der Waals surface area contributed by atoms with Crippen molar-refractivity contribution in [3.8, 4) is 11.5 Å². The van der Waals surface area contributed by atoms with Gasteiger partial charge in [-0.3, -0.25) is 5.01 Å². The molecule has 0 unspecified atom stereocenters. The number of carbonyl (C=O) groups is 1. The molecule has 30 heavy (non-hydrogen) atoms. The molecule has 3 aromatic rings. The number of furan rings is 1. The summed E-state index contributed by atoms with van der Waals surface area (Å²) in [5.74, 6) is 1.29. The molecule has 7 heteroatoms. The average molecular weight is 408 g/mol. The zero-order chi connectivity index (χ0) is 21.3. The molecule has 0 bridgehead atoms. The third kappa shape index (κ3) is 5.41. The number of ether oxygens (including phenoxy) is 3. The maximum absolute atomic E-state index is 11.5. The van der Waals surface area contributed by atoms with Crippen LogP contribution in [0.5, 0.6) is 11.5 Å². The Kier molecular flexibility index (Phi) is 7.10. The summed E-state index contributed by atoms with van der Waals surface area (Å²) in [4.78, 5) is 11.5. The van der Waals surface area contributed by atoms with Gasteiger partial charge in [0.1, 0.15) is 12.4 Å². The van der Waals surface area contributed by atoms with Crippen LogP contribution in [-0.2, 0) is 11.3 Å². The summed E-state index contributed by atoms with van der Waals surface area (Å²) in [6.45, 7) is 2.55. The molecule has 0 aliphatic heterocycles. The summed E-state index contributed by atoms with van der Waals surface area (Å²) in [5, 5.41) is 6.26. The third-order valence-corrected chi connectivity index (χ3v) is 4.20. The molecule has 7 nitrogen and oxygen atoms in total. The van der Waals surface area contributed by atoms with Gasteiger partial charge >= 0.3 is 5.97 Å². The van der Waals surface area contributed by atoms with Gasteiger partial charge in [0.15, 0.2) is 11.5 Å². The van der Waals surface area contributed by atoms with Gasteiger partial charge < -0.3 is 18.6 Å². The highest BCUT2D eigenvalue weighted by Gasteiger charge is 2.12. The minimum atomic E-state index is -0.527. The molecule has 0 N–H and O–H groups in total. The highest BCUT2D eigenvalue weighted by Crippen LogP contribution is 2.29. The van der Waals surface area contributed by atoms with Gasteiger partial charge in [0.05, 0.1) is 25.6 Å². The highest BCUT2D eigenvalue weighted by molar-refractivity contribution is 5.86. The number of methoxy groups -OCH3 is 1. The summed E-state index contributed by atoms with van der Waals surface area (Å²) in [7, 11) is 3.19. The standard InChI is InChI=1S/C23H24N2O5/c1-4-28-22-14-17(15-24-25(2)18-8-6-5-7-9-18)10-12-20(22)29-16-19-11-13-21(30-19)23(26)27-3/h5-15H,4,16H2,1-3H3/b24-15+. The Hall–Kier alpha value is -3.74. The second-order valence-electron chi connectivity index (χ2n) is 6.29. The summed E-state index contributed by atoms with van der Waals surface area (Å²) < 4.78 is 21.6. The smallest absolute Gasteiger partial charge is 0.373 e. The van der Waals surface area contributed by atoms with Crippen LogP contribution in [-0.4, -0.2) is 32.9 Å². The van der Waals surface area contributed by atoms with Gasteiger partial charge in [0.25, 0.3) is 0 Å². The van der Waals surface area contributed by atoms with Crippen molar-refractivity contribution in [2.24, 2.45) is 5.10 Å². The van der Waals surface area contributed by atoms with Gasteiger partial charge in [-0.25, -0.2) is 4.79 Å². The highest BCUT2D eigenvalue weighted by atomic mass is 16.5. The topological polar surface area (TPSA) is 73.5 Å². The normalized spacial score (nSPS) is 10.8. The summed E-state index contributed by atoms with van der Waals surface area (Å²) in [6, 6.07) is 18.7. The Bertz CT molecular complexity index is 998. The fourth-order valence-corrected chi connectivity index (χ4v) is 2.67. The molecule has 0 saturated carbocycles. The average Bonchev–Trinajstić information content (AvgIpc) is 3.26. The lowest BCUT2D eigenvalue weighted by Crippen LogP contribution is -2.08. The molecule has 0 radical (unpaired) electrons. The zero-order valence-corrected chi connectivity index (χ0v) is 17.2. The number of hydrogen-bond acceptors (Lipinski definition) is 7. The number of anilines is 1. The maximum atomic E-state index is 11.5. The number of rotatable bonds is 9.